The predicted molar refractivity (Wildman–Crippen MR) is 97.7 cm³/mol. The molecule has 1 aromatic carbocycles. The summed E-state index contributed by atoms with van der Waals surface area (Å²) in [5, 5.41) is 6.51. The van der Waals surface area contributed by atoms with Gasteiger partial charge in [-0.1, -0.05) is 18.2 Å². The molecule has 0 saturated heterocycles. The van der Waals surface area contributed by atoms with Crippen molar-refractivity contribution in [2.45, 2.75) is 32.9 Å². The molecule has 0 saturated carbocycles. The maximum atomic E-state index is 6.00. The van der Waals surface area contributed by atoms with Crippen molar-refractivity contribution >= 4 is 5.96 Å². The summed E-state index contributed by atoms with van der Waals surface area (Å²) in [6.07, 6.45) is 0. The molecule has 1 rings (SSSR count). The van der Waals surface area contributed by atoms with Crippen LogP contribution in [0.4, 0.5) is 0 Å². The van der Waals surface area contributed by atoms with Gasteiger partial charge in [-0.3, -0.25) is 4.99 Å². The number of ether oxygens (including phenoxy) is 3. The van der Waals surface area contributed by atoms with Gasteiger partial charge in [0.1, 0.15) is 11.4 Å². The number of para-hydroxylation sites is 1. The molecule has 0 radical (unpaired) electrons. The van der Waals surface area contributed by atoms with E-state index in [1.54, 1.807) is 14.2 Å². The summed E-state index contributed by atoms with van der Waals surface area (Å²) < 4.78 is 16.3. The SMILES string of the molecule is CN=C(NCCOCCOC)NCc1ccccc1OC(C)(C)C. The lowest BCUT2D eigenvalue weighted by molar-refractivity contribution is 0.0733. The number of benzene rings is 1. The maximum absolute atomic E-state index is 6.00. The Kier molecular flexibility index (Phi) is 9.19. The van der Waals surface area contributed by atoms with Gasteiger partial charge in [-0.2, -0.15) is 0 Å². The van der Waals surface area contributed by atoms with Gasteiger partial charge in [0.15, 0.2) is 5.96 Å². The third-order valence-electron chi connectivity index (χ3n) is 3.03. The van der Waals surface area contributed by atoms with E-state index in [2.05, 4.69) is 21.7 Å². The molecule has 0 unspecified atom stereocenters. The van der Waals surface area contributed by atoms with Crippen LogP contribution in [0.2, 0.25) is 0 Å². The Morgan fingerprint density at radius 2 is 1.83 bits per heavy atom. The van der Waals surface area contributed by atoms with Gasteiger partial charge >= 0.3 is 0 Å². The second-order valence-corrected chi connectivity index (χ2v) is 6.28. The molecule has 6 heteroatoms. The van der Waals surface area contributed by atoms with Crippen molar-refractivity contribution in [3.8, 4) is 5.75 Å². The van der Waals surface area contributed by atoms with Gasteiger partial charge in [-0.05, 0) is 26.8 Å². The Morgan fingerprint density at radius 3 is 2.50 bits per heavy atom. The lowest BCUT2D eigenvalue weighted by Crippen LogP contribution is -2.38. The second kappa shape index (κ2) is 10.9. The number of aliphatic imine (C=N–C) groups is 1. The highest BCUT2D eigenvalue weighted by molar-refractivity contribution is 5.79. The average molecular weight is 337 g/mol. The average Bonchev–Trinajstić information content (AvgIpc) is 2.53. The van der Waals surface area contributed by atoms with Crippen molar-refractivity contribution < 1.29 is 14.2 Å². The third kappa shape index (κ3) is 8.74. The smallest absolute Gasteiger partial charge is 0.191 e. The van der Waals surface area contributed by atoms with Crippen molar-refractivity contribution in [2.24, 2.45) is 4.99 Å². The first-order chi connectivity index (χ1) is 11.5. The van der Waals surface area contributed by atoms with Gasteiger partial charge in [0, 0.05) is 32.8 Å². The molecule has 0 aromatic heterocycles. The lowest BCUT2D eigenvalue weighted by Gasteiger charge is -2.23. The minimum atomic E-state index is -0.227. The van der Waals surface area contributed by atoms with Gasteiger partial charge in [-0.15, -0.1) is 0 Å². The lowest BCUT2D eigenvalue weighted by atomic mass is 10.1. The quantitative estimate of drug-likeness (QED) is 0.411. The van der Waals surface area contributed by atoms with Crippen LogP contribution in [0.5, 0.6) is 5.75 Å². The van der Waals surface area contributed by atoms with Crippen molar-refractivity contribution in [2.75, 3.05) is 40.5 Å². The molecular formula is C18H31N3O3. The Morgan fingerprint density at radius 1 is 1.08 bits per heavy atom. The minimum absolute atomic E-state index is 0.227. The van der Waals surface area contributed by atoms with Crippen LogP contribution in [0.1, 0.15) is 26.3 Å². The topological polar surface area (TPSA) is 64.1 Å². The van der Waals surface area contributed by atoms with Gasteiger partial charge in [0.2, 0.25) is 0 Å². The molecule has 0 aliphatic heterocycles. The molecule has 0 fully saturated rings. The zero-order valence-electron chi connectivity index (χ0n) is 15.5. The summed E-state index contributed by atoms with van der Waals surface area (Å²) in [5.41, 5.74) is 0.863. The Hall–Kier alpha value is -1.79. The summed E-state index contributed by atoms with van der Waals surface area (Å²) in [4.78, 5) is 4.21. The van der Waals surface area contributed by atoms with Crippen molar-refractivity contribution in [1.82, 2.24) is 10.6 Å². The molecule has 24 heavy (non-hydrogen) atoms. The van der Waals surface area contributed by atoms with E-state index < -0.39 is 0 Å². The highest BCUT2D eigenvalue weighted by atomic mass is 16.5. The molecule has 1 aromatic rings. The molecule has 2 N–H and O–H groups in total. The van der Waals surface area contributed by atoms with Crippen molar-refractivity contribution in [3.63, 3.8) is 0 Å². The second-order valence-electron chi connectivity index (χ2n) is 6.28. The van der Waals surface area contributed by atoms with Crippen LogP contribution in [0.25, 0.3) is 0 Å². The normalized spacial score (nSPS) is 12.1. The fraction of sp³-hybridized carbons (Fsp3) is 0.611. The van der Waals surface area contributed by atoms with Crippen LogP contribution in [-0.4, -0.2) is 52.1 Å². The van der Waals surface area contributed by atoms with Gasteiger partial charge < -0.3 is 24.8 Å². The van der Waals surface area contributed by atoms with Crippen LogP contribution in [0.15, 0.2) is 29.3 Å². The van der Waals surface area contributed by atoms with Gasteiger partial charge in [0.25, 0.3) is 0 Å². The van der Waals surface area contributed by atoms with E-state index in [9.17, 15) is 0 Å². The van der Waals surface area contributed by atoms with Gasteiger partial charge in [-0.25, -0.2) is 0 Å². The van der Waals surface area contributed by atoms with E-state index in [1.807, 2.05) is 39.0 Å². The maximum Gasteiger partial charge on any atom is 0.191 e. The molecule has 0 amide bonds. The Balaban J connectivity index is 2.43. The van der Waals surface area contributed by atoms with Crippen LogP contribution >= 0.6 is 0 Å². The molecular weight excluding hydrogens is 306 g/mol. The zero-order valence-corrected chi connectivity index (χ0v) is 15.5. The van der Waals surface area contributed by atoms with E-state index in [1.165, 1.54) is 0 Å². The highest BCUT2D eigenvalue weighted by Crippen LogP contribution is 2.22. The first-order valence-electron chi connectivity index (χ1n) is 8.24. The van der Waals surface area contributed by atoms with Crippen LogP contribution in [-0.2, 0) is 16.0 Å². The number of hydrogen-bond donors (Lipinski definition) is 2. The van der Waals surface area contributed by atoms with E-state index >= 15 is 0 Å². The van der Waals surface area contributed by atoms with E-state index in [4.69, 9.17) is 14.2 Å². The molecule has 0 aliphatic rings. The monoisotopic (exact) mass is 337 g/mol. The molecule has 6 nitrogen and oxygen atoms in total. The number of nitrogens with one attached hydrogen (secondary N) is 2. The predicted octanol–water partition coefficient (Wildman–Crippen LogP) is 2.19. The third-order valence-corrected chi connectivity index (χ3v) is 3.03. The van der Waals surface area contributed by atoms with Gasteiger partial charge in [0.05, 0.1) is 19.8 Å². The highest BCUT2D eigenvalue weighted by Gasteiger charge is 2.14. The minimum Gasteiger partial charge on any atom is -0.488 e. The molecule has 0 heterocycles. The number of guanidine groups is 1. The summed E-state index contributed by atoms with van der Waals surface area (Å²) in [5.74, 6) is 1.62. The van der Waals surface area contributed by atoms with Crippen LogP contribution in [0.3, 0.4) is 0 Å². The largest absolute Gasteiger partial charge is 0.488 e. The molecule has 0 atom stereocenters. The standard InChI is InChI=1S/C18H31N3O3/c1-18(2,3)24-16-9-7-6-8-15(16)14-21-17(19-4)20-10-11-23-13-12-22-5/h6-9H,10-14H2,1-5H3,(H2,19,20,21). The number of methoxy groups -OCH3 is 1. The summed E-state index contributed by atoms with van der Waals surface area (Å²) in [7, 11) is 3.41. The number of nitrogens with zero attached hydrogens (tertiary/aromatic N) is 1. The van der Waals surface area contributed by atoms with Crippen molar-refractivity contribution in [3.05, 3.63) is 29.8 Å². The molecule has 0 bridgehead atoms. The summed E-state index contributed by atoms with van der Waals surface area (Å²) in [6.45, 7) is 9.26. The Labute approximate surface area is 145 Å². The van der Waals surface area contributed by atoms with E-state index in [0.717, 1.165) is 17.3 Å². The van der Waals surface area contributed by atoms with E-state index in [-0.39, 0.29) is 5.60 Å². The Bertz CT molecular complexity index is 499. The number of hydrogen-bond acceptors (Lipinski definition) is 4. The number of rotatable bonds is 9. The molecule has 0 spiro atoms. The van der Waals surface area contributed by atoms with Crippen LogP contribution < -0.4 is 15.4 Å². The van der Waals surface area contributed by atoms with E-state index in [0.29, 0.717) is 32.9 Å². The van der Waals surface area contributed by atoms with Crippen molar-refractivity contribution in [1.29, 1.82) is 0 Å². The fourth-order valence-corrected chi connectivity index (χ4v) is 1.96. The summed E-state index contributed by atoms with van der Waals surface area (Å²) in [6, 6.07) is 8.03. The molecule has 0 aliphatic carbocycles. The first-order valence-corrected chi connectivity index (χ1v) is 8.24. The molecule has 136 valence electrons. The summed E-state index contributed by atoms with van der Waals surface area (Å²) >= 11 is 0. The zero-order chi connectivity index (χ0) is 17.8. The fourth-order valence-electron chi connectivity index (χ4n) is 1.96. The van der Waals surface area contributed by atoms with Crippen LogP contribution in [0, 0.1) is 0 Å². The first kappa shape index (κ1) is 20.3.